The molecule has 1 fully saturated rings. The largest absolute Gasteiger partial charge is 0.493 e. The first kappa shape index (κ1) is 19.7. The molecule has 1 heterocycles. The average molecular weight is 386 g/mol. The lowest BCUT2D eigenvalue weighted by molar-refractivity contribution is -0.132. The van der Waals surface area contributed by atoms with Crippen LogP contribution in [0.4, 0.5) is 10.1 Å². The van der Waals surface area contributed by atoms with Crippen molar-refractivity contribution in [3.8, 4) is 11.5 Å². The number of hydrogen-bond donors (Lipinski definition) is 1. The van der Waals surface area contributed by atoms with Gasteiger partial charge in [-0.2, -0.15) is 0 Å². The van der Waals surface area contributed by atoms with Crippen molar-refractivity contribution in [2.24, 2.45) is 5.92 Å². The van der Waals surface area contributed by atoms with Crippen molar-refractivity contribution in [1.82, 2.24) is 5.32 Å². The van der Waals surface area contributed by atoms with Gasteiger partial charge in [-0.15, -0.1) is 0 Å². The van der Waals surface area contributed by atoms with E-state index in [4.69, 9.17) is 9.47 Å². The molecule has 7 heteroatoms. The number of rotatable bonds is 7. The lowest BCUT2D eigenvalue weighted by Crippen LogP contribution is -2.36. The highest BCUT2D eigenvalue weighted by atomic mass is 19.1. The van der Waals surface area contributed by atoms with Crippen molar-refractivity contribution in [3.63, 3.8) is 0 Å². The molecule has 0 aromatic heterocycles. The molecule has 1 N–H and O–H groups in total. The summed E-state index contributed by atoms with van der Waals surface area (Å²) in [5, 5.41) is 2.81. The smallest absolute Gasteiger partial charge is 0.239 e. The summed E-state index contributed by atoms with van der Waals surface area (Å²) >= 11 is 0. The number of hydrogen-bond acceptors (Lipinski definition) is 4. The highest BCUT2D eigenvalue weighted by Gasteiger charge is 2.37. The van der Waals surface area contributed by atoms with Gasteiger partial charge >= 0.3 is 0 Å². The Balaban J connectivity index is 1.61. The Morgan fingerprint density at radius 2 is 1.96 bits per heavy atom. The van der Waals surface area contributed by atoms with E-state index in [0.717, 1.165) is 5.56 Å². The topological polar surface area (TPSA) is 67.9 Å². The maximum Gasteiger partial charge on any atom is 0.239 e. The van der Waals surface area contributed by atoms with Crippen molar-refractivity contribution in [1.29, 1.82) is 0 Å². The Kier molecular flexibility index (Phi) is 6.13. The SMILES string of the molecule is CCOc1ccc(CNC(=O)C2CCN(c3ccc(F)cc3)C2=O)cc1OC. The number of carbonyl (C=O) groups excluding carboxylic acids is 2. The van der Waals surface area contributed by atoms with E-state index >= 15 is 0 Å². The molecular weight excluding hydrogens is 363 g/mol. The van der Waals surface area contributed by atoms with Gasteiger partial charge in [-0.25, -0.2) is 4.39 Å². The molecule has 1 saturated heterocycles. The molecule has 6 nitrogen and oxygen atoms in total. The third-order valence-electron chi connectivity index (χ3n) is 4.65. The van der Waals surface area contributed by atoms with Crippen LogP contribution in [0, 0.1) is 11.7 Å². The number of carbonyl (C=O) groups is 2. The Labute approximate surface area is 163 Å². The molecule has 1 atom stereocenters. The second kappa shape index (κ2) is 8.73. The van der Waals surface area contributed by atoms with Gasteiger partial charge in [0.25, 0.3) is 0 Å². The van der Waals surface area contributed by atoms with Crippen LogP contribution in [0.15, 0.2) is 42.5 Å². The van der Waals surface area contributed by atoms with Gasteiger partial charge in [0.1, 0.15) is 11.7 Å². The zero-order valence-corrected chi connectivity index (χ0v) is 15.9. The van der Waals surface area contributed by atoms with E-state index in [1.807, 2.05) is 13.0 Å². The second-order valence-electron chi connectivity index (χ2n) is 6.44. The van der Waals surface area contributed by atoms with Crippen LogP contribution in [0.3, 0.4) is 0 Å². The summed E-state index contributed by atoms with van der Waals surface area (Å²) in [7, 11) is 1.56. The second-order valence-corrected chi connectivity index (χ2v) is 6.44. The summed E-state index contributed by atoms with van der Waals surface area (Å²) < 4.78 is 23.9. The van der Waals surface area contributed by atoms with E-state index in [1.165, 1.54) is 17.0 Å². The molecule has 148 valence electrons. The molecule has 0 spiro atoms. The van der Waals surface area contributed by atoms with Crippen molar-refractivity contribution < 1.29 is 23.5 Å². The Morgan fingerprint density at radius 1 is 1.21 bits per heavy atom. The fourth-order valence-electron chi connectivity index (χ4n) is 3.21. The first-order valence-corrected chi connectivity index (χ1v) is 9.18. The maximum absolute atomic E-state index is 13.1. The molecule has 3 rings (SSSR count). The molecule has 28 heavy (non-hydrogen) atoms. The van der Waals surface area contributed by atoms with Crippen LogP contribution in [0.1, 0.15) is 18.9 Å². The monoisotopic (exact) mass is 386 g/mol. The van der Waals surface area contributed by atoms with Crippen LogP contribution in [0.2, 0.25) is 0 Å². The summed E-state index contributed by atoms with van der Waals surface area (Å²) in [4.78, 5) is 26.6. The normalized spacial score (nSPS) is 16.2. The minimum atomic E-state index is -0.741. The third-order valence-corrected chi connectivity index (χ3v) is 4.65. The number of nitrogens with one attached hydrogen (secondary N) is 1. The van der Waals surface area contributed by atoms with Crippen molar-refractivity contribution >= 4 is 17.5 Å². The predicted octanol–water partition coefficient (Wildman–Crippen LogP) is 2.90. The van der Waals surface area contributed by atoms with E-state index in [0.29, 0.717) is 36.8 Å². The fourth-order valence-corrected chi connectivity index (χ4v) is 3.21. The van der Waals surface area contributed by atoms with E-state index < -0.39 is 5.92 Å². The molecule has 0 bridgehead atoms. The van der Waals surface area contributed by atoms with E-state index in [9.17, 15) is 14.0 Å². The van der Waals surface area contributed by atoms with Gasteiger partial charge < -0.3 is 19.7 Å². The van der Waals surface area contributed by atoms with Crippen LogP contribution in [0.5, 0.6) is 11.5 Å². The third kappa shape index (κ3) is 4.24. The molecule has 0 aliphatic carbocycles. The van der Waals surface area contributed by atoms with Gasteiger partial charge in [-0.05, 0) is 55.3 Å². The minimum Gasteiger partial charge on any atom is -0.493 e. The molecule has 1 aliphatic heterocycles. The molecular formula is C21H23FN2O4. The zero-order chi connectivity index (χ0) is 20.1. The quantitative estimate of drug-likeness (QED) is 0.743. The first-order chi connectivity index (χ1) is 13.5. The number of ether oxygens (including phenoxy) is 2. The fraction of sp³-hybridized carbons (Fsp3) is 0.333. The predicted molar refractivity (Wildman–Crippen MR) is 103 cm³/mol. The summed E-state index contributed by atoms with van der Waals surface area (Å²) in [5.41, 5.74) is 1.44. The van der Waals surface area contributed by atoms with E-state index in [2.05, 4.69) is 5.32 Å². The zero-order valence-electron chi connectivity index (χ0n) is 15.9. The number of amides is 2. The highest BCUT2D eigenvalue weighted by molar-refractivity contribution is 6.09. The van der Waals surface area contributed by atoms with E-state index in [-0.39, 0.29) is 24.2 Å². The number of methoxy groups -OCH3 is 1. The molecule has 1 unspecified atom stereocenters. The lowest BCUT2D eigenvalue weighted by atomic mass is 10.1. The summed E-state index contributed by atoms with van der Waals surface area (Å²) in [6, 6.07) is 11.1. The van der Waals surface area contributed by atoms with Crippen LogP contribution in [-0.4, -0.2) is 32.1 Å². The van der Waals surface area contributed by atoms with Crippen LogP contribution >= 0.6 is 0 Å². The van der Waals surface area contributed by atoms with Gasteiger partial charge in [0.15, 0.2) is 11.5 Å². The first-order valence-electron chi connectivity index (χ1n) is 9.18. The van der Waals surface area contributed by atoms with Crippen LogP contribution in [-0.2, 0) is 16.1 Å². The van der Waals surface area contributed by atoms with Crippen molar-refractivity contribution in [2.45, 2.75) is 19.9 Å². The summed E-state index contributed by atoms with van der Waals surface area (Å²) in [5.74, 6) is -0.463. The molecule has 0 saturated carbocycles. The highest BCUT2D eigenvalue weighted by Crippen LogP contribution is 2.28. The number of halogens is 1. The number of anilines is 1. The van der Waals surface area contributed by atoms with Gasteiger partial charge in [-0.1, -0.05) is 6.07 Å². The molecule has 0 radical (unpaired) electrons. The molecule has 2 amide bonds. The van der Waals surface area contributed by atoms with Gasteiger partial charge in [0.05, 0.1) is 13.7 Å². The average Bonchev–Trinajstić information content (AvgIpc) is 3.09. The molecule has 2 aromatic carbocycles. The van der Waals surface area contributed by atoms with Gasteiger partial charge in [0, 0.05) is 18.8 Å². The van der Waals surface area contributed by atoms with Crippen molar-refractivity contribution in [2.75, 3.05) is 25.2 Å². The lowest BCUT2D eigenvalue weighted by Gasteiger charge is -2.17. The van der Waals surface area contributed by atoms with Crippen LogP contribution in [0.25, 0.3) is 0 Å². The van der Waals surface area contributed by atoms with Gasteiger partial charge in [0.2, 0.25) is 11.8 Å². The Morgan fingerprint density at radius 3 is 2.64 bits per heavy atom. The van der Waals surface area contributed by atoms with E-state index in [1.54, 1.807) is 31.4 Å². The minimum absolute atomic E-state index is 0.270. The summed E-state index contributed by atoms with van der Waals surface area (Å²) in [6.45, 7) is 3.13. The summed E-state index contributed by atoms with van der Waals surface area (Å²) in [6.07, 6.45) is 0.425. The standard InChI is InChI=1S/C21H23FN2O4/c1-3-28-18-9-4-14(12-19(18)27-2)13-23-20(25)17-10-11-24(21(17)26)16-7-5-15(22)6-8-16/h4-9,12,17H,3,10-11,13H2,1-2H3,(H,23,25). The molecule has 2 aromatic rings. The molecule has 1 aliphatic rings. The number of nitrogens with zero attached hydrogens (tertiary/aromatic N) is 1. The van der Waals surface area contributed by atoms with Crippen LogP contribution < -0.4 is 19.7 Å². The Hall–Kier alpha value is -3.09. The maximum atomic E-state index is 13.1. The Bertz CT molecular complexity index is 854. The van der Waals surface area contributed by atoms with Gasteiger partial charge in [-0.3, -0.25) is 9.59 Å². The number of benzene rings is 2. The van der Waals surface area contributed by atoms with Crippen molar-refractivity contribution in [3.05, 3.63) is 53.8 Å².